The molecule has 2 aliphatic heterocycles. The van der Waals surface area contributed by atoms with Gasteiger partial charge < -0.3 is 24.0 Å². The molecule has 1 aromatic carbocycles. The number of piperidine rings is 1. The first kappa shape index (κ1) is 21.7. The Labute approximate surface area is 186 Å². The van der Waals surface area contributed by atoms with Gasteiger partial charge in [-0.3, -0.25) is 14.7 Å². The van der Waals surface area contributed by atoms with Gasteiger partial charge in [-0.2, -0.15) is 4.98 Å². The zero-order valence-corrected chi connectivity index (χ0v) is 18.3. The van der Waals surface area contributed by atoms with Crippen molar-refractivity contribution < 1.29 is 23.8 Å². The van der Waals surface area contributed by atoms with Crippen molar-refractivity contribution in [3.63, 3.8) is 0 Å². The largest absolute Gasteiger partial charge is 0.497 e. The van der Waals surface area contributed by atoms with Crippen LogP contribution in [0.15, 0.2) is 36.7 Å². The van der Waals surface area contributed by atoms with Crippen molar-refractivity contribution in [3.8, 4) is 17.5 Å². The maximum atomic E-state index is 12.9. The molecule has 2 fully saturated rings. The number of amides is 3. The normalized spacial score (nSPS) is 18.6. The summed E-state index contributed by atoms with van der Waals surface area (Å²) < 4.78 is 16.2. The molecule has 0 saturated carbocycles. The van der Waals surface area contributed by atoms with Gasteiger partial charge in [0.15, 0.2) is 0 Å². The van der Waals surface area contributed by atoms with Crippen LogP contribution < -0.4 is 19.1 Å². The average molecular weight is 441 g/mol. The van der Waals surface area contributed by atoms with Gasteiger partial charge in [0.2, 0.25) is 17.7 Å². The lowest BCUT2D eigenvalue weighted by atomic mass is 10.1. The third-order valence-corrected chi connectivity index (χ3v) is 5.62. The number of hydrogen-bond acceptors (Lipinski definition) is 7. The minimum Gasteiger partial charge on any atom is -0.497 e. The topological polar surface area (TPSA) is 97.3 Å². The van der Waals surface area contributed by atoms with Crippen LogP contribution in [0.2, 0.25) is 0 Å². The summed E-state index contributed by atoms with van der Waals surface area (Å²) in [6.45, 7) is 2.19. The predicted octanol–water partition coefficient (Wildman–Crippen LogP) is 1.81. The Morgan fingerprint density at radius 1 is 1.06 bits per heavy atom. The molecule has 3 heterocycles. The second-order valence-corrected chi connectivity index (χ2v) is 7.68. The molecule has 2 saturated heterocycles. The molecule has 170 valence electrons. The summed E-state index contributed by atoms with van der Waals surface area (Å²) >= 11 is 0. The highest BCUT2D eigenvalue weighted by molar-refractivity contribution is 5.96. The lowest BCUT2D eigenvalue weighted by Gasteiger charge is -2.33. The van der Waals surface area contributed by atoms with Gasteiger partial charge in [-0.25, -0.2) is 4.79 Å². The minimum absolute atomic E-state index is 0.0528. The van der Waals surface area contributed by atoms with Gasteiger partial charge >= 0.3 is 6.03 Å². The van der Waals surface area contributed by atoms with Crippen molar-refractivity contribution in [3.05, 3.63) is 36.7 Å². The van der Waals surface area contributed by atoms with E-state index in [4.69, 9.17) is 14.2 Å². The van der Waals surface area contributed by atoms with E-state index < -0.39 is 0 Å². The number of rotatable bonds is 7. The Hall–Kier alpha value is -3.56. The second kappa shape index (κ2) is 9.71. The maximum absolute atomic E-state index is 12.9. The van der Waals surface area contributed by atoms with Crippen molar-refractivity contribution in [1.29, 1.82) is 0 Å². The number of urea groups is 1. The van der Waals surface area contributed by atoms with Crippen LogP contribution in [0.1, 0.15) is 12.8 Å². The molecular weight excluding hydrogens is 414 g/mol. The fraction of sp³-hybridized carbons (Fsp3) is 0.455. The molecule has 0 bridgehead atoms. The molecular formula is C22H27N5O5. The number of ether oxygens (including phenoxy) is 3. The summed E-state index contributed by atoms with van der Waals surface area (Å²) in [5.74, 6) is 1.39. The Balaban J connectivity index is 1.32. The number of hydrogen-bond donors (Lipinski definition) is 0. The number of carbonyl (C=O) groups excluding carboxylic acids is 2. The van der Waals surface area contributed by atoms with Crippen LogP contribution >= 0.6 is 0 Å². The number of anilines is 1. The van der Waals surface area contributed by atoms with E-state index in [0.29, 0.717) is 37.9 Å². The number of methoxy groups -OCH3 is 2. The summed E-state index contributed by atoms with van der Waals surface area (Å²) in [4.78, 5) is 39.0. The Morgan fingerprint density at radius 2 is 1.84 bits per heavy atom. The van der Waals surface area contributed by atoms with Crippen LogP contribution in [0, 0.1) is 0 Å². The van der Waals surface area contributed by atoms with E-state index in [1.807, 2.05) is 24.3 Å². The zero-order valence-electron chi connectivity index (χ0n) is 18.3. The lowest BCUT2D eigenvalue weighted by molar-refractivity contribution is -0.134. The van der Waals surface area contributed by atoms with Gasteiger partial charge in [-0.15, -0.1) is 0 Å². The number of likely N-dealkylation sites (tertiary alicyclic amines) is 1. The monoisotopic (exact) mass is 441 g/mol. The summed E-state index contributed by atoms with van der Waals surface area (Å²) in [5, 5.41) is 0. The van der Waals surface area contributed by atoms with Crippen molar-refractivity contribution in [2.24, 2.45) is 0 Å². The molecule has 1 aromatic heterocycles. The van der Waals surface area contributed by atoms with Gasteiger partial charge in [0.05, 0.1) is 33.2 Å². The van der Waals surface area contributed by atoms with Crippen LogP contribution in [-0.4, -0.2) is 84.8 Å². The second-order valence-electron chi connectivity index (χ2n) is 7.68. The molecule has 0 spiro atoms. The molecule has 2 aliphatic rings. The predicted molar refractivity (Wildman–Crippen MR) is 116 cm³/mol. The fourth-order valence-electron chi connectivity index (χ4n) is 3.91. The highest BCUT2D eigenvalue weighted by Crippen LogP contribution is 2.24. The Kier molecular flexibility index (Phi) is 6.58. The third-order valence-electron chi connectivity index (χ3n) is 5.62. The standard InChI is InChI=1S/C22H27N5O5/c1-30-17-7-5-16(6-8-17)27-11-10-26(22(27)29)15-21(28)25-9-3-4-18(14-25)32-20-13-23-12-19(24-20)31-2/h5-8,12-13,18H,3-4,9-11,14-15H2,1-2H3. The van der Waals surface area contributed by atoms with E-state index in [0.717, 1.165) is 24.3 Å². The van der Waals surface area contributed by atoms with Crippen LogP contribution in [0.5, 0.6) is 17.5 Å². The molecule has 1 atom stereocenters. The van der Waals surface area contributed by atoms with E-state index >= 15 is 0 Å². The van der Waals surface area contributed by atoms with Crippen LogP contribution in [0.3, 0.4) is 0 Å². The van der Waals surface area contributed by atoms with Crippen LogP contribution in [0.25, 0.3) is 0 Å². The SMILES string of the molecule is COc1ccc(N2CCN(CC(=O)N3CCCC(Oc4cncc(OC)n4)C3)C2=O)cc1. The fourth-order valence-corrected chi connectivity index (χ4v) is 3.91. The van der Waals surface area contributed by atoms with E-state index in [1.54, 1.807) is 21.8 Å². The van der Waals surface area contributed by atoms with Crippen molar-refractivity contribution in [2.45, 2.75) is 18.9 Å². The van der Waals surface area contributed by atoms with Gasteiger partial charge in [0.1, 0.15) is 18.4 Å². The smallest absolute Gasteiger partial charge is 0.325 e. The van der Waals surface area contributed by atoms with Crippen molar-refractivity contribution in [2.75, 3.05) is 51.8 Å². The number of benzene rings is 1. The molecule has 2 aromatic rings. The Morgan fingerprint density at radius 3 is 2.59 bits per heavy atom. The zero-order chi connectivity index (χ0) is 22.5. The van der Waals surface area contributed by atoms with Crippen molar-refractivity contribution >= 4 is 17.6 Å². The number of carbonyl (C=O) groups is 2. The summed E-state index contributed by atoms with van der Waals surface area (Å²) in [5.41, 5.74) is 0.789. The first-order chi connectivity index (χ1) is 15.6. The third kappa shape index (κ3) is 4.84. The summed E-state index contributed by atoms with van der Waals surface area (Å²) in [6, 6.07) is 7.15. The minimum atomic E-state index is -0.181. The van der Waals surface area contributed by atoms with Crippen LogP contribution in [0.4, 0.5) is 10.5 Å². The van der Waals surface area contributed by atoms with Gasteiger partial charge in [0, 0.05) is 25.3 Å². The molecule has 3 amide bonds. The molecule has 0 radical (unpaired) electrons. The molecule has 10 heteroatoms. The lowest BCUT2D eigenvalue weighted by Crippen LogP contribution is -2.48. The average Bonchev–Trinajstić information content (AvgIpc) is 3.19. The molecule has 10 nitrogen and oxygen atoms in total. The van der Waals surface area contributed by atoms with Crippen molar-refractivity contribution in [1.82, 2.24) is 19.8 Å². The number of nitrogens with zero attached hydrogens (tertiary/aromatic N) is 5. The molecule has 32 heavy (non-hydrogen) atoms. The highest BCUT2D eigenvalue weighted by atomic mass is 16.5. The van der Waals surface area contributed by atoms with Gasteiger partial charge in [-0.05, 0) is 37.1 Å². The first-order valence-corrected chi connectivity index (χ1v) is 10.6. The van der Waals surface area contributed by atoms with E-state index in [2.05, 4.69) is 9.97 Å². The van der Waals surface area contributed by atoms with E-state index in [9.17, 15) is 9.59 Å². The van der Waals surface area contributed by atoms with Gasteiger partial charge in [0.25, 0.3) is 0 Å². The maximum Gasteiger partial charge on any atom is 0.325 e. The van der Waals surface area contributed by atoms with Gasteiger partial charge in [-0.1, -0.05) is 0 Å². The summed E-state index contributed by atoms with van der Waals surface area (Å²) in [7, 11) is 3.12. The molecule has 0 aliphatic carbocycles. The molecule has 0 N–H and O–H groups in total. The highest BCUT2D eigenvalue weighted by Gasteiger charge is 2.33. The molecule has 1 unspecified atom stereocenters. The number of aromatic nitrogens is 2. The van der Waals surface area contributed by atoms with E-state index in [1.165, 1.54) is 19.5 Å². The first-order valence-electron chi connectivity index (χ1n) is 10.6. The molecule has 4 rings (SSSR count). The van der Waals surface area contributed by atoms with Crippen LogP contribution in [-0.2, 0) is 4.79 Å². The quantitative estimate of drug-likeness (QED) is 0.646. The summed E-state index contributed by atoms with van der Waals surface area (Å²) in [6.07, 6.45) is 4.49. The Bertz CT molecular complexity index is 954. The van der Waals surface area contributed by atoms with E-state index in [-0.39, 0.29) is 24.6 Å².